The minimum absolute atomic E-state index is 0. The summed E-state index contributed by atoms with van der Waals surface area (Å²) in [5.74, 6) is 0.481. The van der Waals surface area contributed by atoms with Crippen LogP contribution in [0.15, 0.2) is 105 Å². The molecule has 0 spiro atoms. The van der Waals surface area contributed by atoms with Crippen molar-refractivity contribution in [3.63, 3.8) is 0 Å². The minimum Gasteiger partial charge on any atom is -1.00 e. The van der Waals surface area contributed by atoms with Gasteiger partial charge in [0.15, 0.2) is 0 Å². The molecule has 0 radical (unpaired) electrons. The number of hydrogen-bond acceptors (Lipinski definition) is 0. The third-order valence-corrected chi connectivity index (χ3v) is 20.0. The maximum Gasteiger partial charge on any atom is -1.00 e. The average Bonchev–Trinajstić information content (AvgIpc) is 3.59. The smallest absolute Gasteiger partial charge is 1.00 e. The van der Waals surface area contributed by atoms with E-state index in [9.17, 15) is 0 Å². The van der Waals surface area contributed by atoms with Gasteiger partial charge in [-0.05, 0) is 0 Å². The molecule has 2 aliphatic carbocycles. The normalized spacial score (nSPS) is 15.6. The van der Waals surface area contributed by atoms with Gasteiger partial charge in [0.1, 0.15) is 0 Å². The van der Waals surface area contributed by atoms with Gasteiger partial charge in [0.2, 0.25) is 0 Å². The van der Waals surface area contributed by atoms with Crippen molar-refractivity contribution in [3.8, 4) is 11.1 Å². The Morgan fingerprint density at radius 2 is 1.00 bits per heavy atom. The van der Waals surface area contributed by atoms with Crippen LogP contribution in [-0.2, 0) is 32.1 Å². The van der Waals surface area contributed by atoms with Gasteiger partial charge in [0.25, 0.3) is 0 Å². The Labute approximate surface area is 336 Å². The van der Waals surface area contributed by atoms with E-state index in [0.29, 0.717) is 9.54 Å². The van der Waals surface area contributed by atoms with Crippen molar-refractivity contribution in [2.45, 2.75) is 117 Å². The van der Waals surface area contributed by atoms with Gasteiger partial charge in [-0.25, -0.2) is 0 Å². The zero-order valence-corrected chi connectivity index (χ0v) is 38.0. The van der Waals surface area contributed by atoms with Crippen molar-refractivity contribution in [2.75, 3.05) is 0 Å². The van der Waals surface area contributed by atoms with Gasteiger partial charge in [-0.2, -0.15) is 0 Å². The van der Waals surface area contributed by atoms with Crippen LogP contribution in [0.25, 0.3) is 11.1 Å². The third kappa shape index (κ3) is 8.04. The number of benzene rings is 4. The molecule has 3 heteroatoms. The van der Waals surface area contributed by atoms with E-state index in [1.807, 2.05) is 3.28 Å². The molecule has 52 heavy (non-hydrogen) atoms. The van der Waals surface area contributed by atoms with Gasteiger partial charge in [-0.1, -0.05) is 0 Å². The van der Waals surface area contributed by atoms with Crippen molar-refractivity contribution in [1.29, 1.82) is 0 Å². The van der Waals surface area contributed by atoms with Crippen molar-refractivity contribution in [1.82, 2.24) is 0 Å². The molecule has 0 saturated carbocycles. The van der Waals surface area contributed by atoms with Crippen LogP contribution in [0.2, 0.25) is 0 Å². The van der Waals surface area contributed by atoms with Crippen molar-refractivity contribution < 1.29 is 46.1 Å². The van der Waals surface area contributed by atoms with E-state index in [1.165, 1.54) is 44.5 Å². The van der Waals surface area contributed by atoms with Crippen LogP contribution in [0.3, 0.4) is 0 Å². The first-order valence-corrected chi connectivity index (χ1v) is 22.9. The Morgan fingerprint density at radius 3 is 1.35 bits per heavy atom. The summed E-state index contributed by atoms with van der Waals surface area (Å²) in [6.45, 7) is 30.7. The maximum atomic E-state index is 2.71. The van der Waals surface area contributed by atoms with E-state index in [2.05, 4.69) is 181 Å². The van der Waals surface area contributed by atoms with Crippen molar-refractivity contribution in [3.05, 3.63) is 150 Å². The summed E-state index contributed by atoms with van der Waals surface area (Å²) < 4.78 is 3.88. The van der Waals surface area contributed by atoms with Crippen LogP contribution in [0.5, 0.6) is 0 Å². The number of hydrogen-bond donors (Lipinski definition) is 0. The van der Waals surface area contributed by atoms with Crippen molar-refractivity contribution >= 4 is 3.21 Å². The molecule has 0 aromatic heterocycles. The predicted octanol–water partition coefficient (Wildman–Crippen LogP) is 7.54. The first-order valence-electron chi connectivity index (χ1n) is 19.1. The zero-order valence-electron chi connectivity index (χ0n) is 34.0. The number of halogens is 2. The van der Waals surface area contributed by atoms with E-state index < -0.39 is 21.3 Å². The minimum atomic E-state index is -2.96. The second-order valence-electron chi connectivity index (χ2n) is 18.1. The molecule has 0 N–H and O–H groups in total. The maximum absolute atomic E-state index is 2.96. The summed E-state index contributed by atoms with van der Waals surface area (Å²) in [6.07, 6.45) is 4.95. The van der Waals surface area contributed by atoms with Gasteiger partial charge < -0.3 is 24.8 Å². The van der Waals surface area contributed by atoms with E-state index in [4.69, 9.17) is 0 Å². The quantitative estimate of drug-likeness (QED) is 0.189. The number of aryl methyl sites for hydroxylation is 2. The van der Waals surface area contributed by atoms with Crippen LogP contribution in [-0.4, -0.2) is 3.21 Å². The van der Waals surface area contributed by atoms with Crippen LogP contribution < -0.4 is 24.8 Å². The summed E-state index contributed by atoms with van der Waals surface area (Å²) >= 11 is -2.96. The fourth-order valence-corrected chi connectivity index (χ4v) is 18.9. The third-order valence-electron chi connectivity index (χ3n) is 11.3. The first-order chi connectivity index (χ1) is 23.4. The largest absolute Gasteiger partial charge is 1.00 e. The summed E-state index contributed by atoms with van der Waals surface area (Å²) in [7, 11) is 0. The fourth-order valence-electron chi connectivity index (χ4n) is 8.37. The molecule has 0 bridgehead atoms. The molecular weight excluding hydrogens is 751 g/mol. The van der Waals surface area contributed by atoms with Gasteiger partial charge in [0.05, 0.1) is 0 Å². The molecule has 0 heterocycles. The summed E-state index contributed by atoms with van der Waals surface area (Å²) in [6, 6.07) is 34.3. The summed E-state index contributed by atoms with van der Waals surface area (Å²) in [4.78, 5) is 0. The molecule has 6 rings (SSSR count). The molecule has 0 nitrogen and oxygen atoms in total. The molecule has 4 aromatic rings. The molecular formula is C49H60Cl2Zr. The molecule has 274 valence electrons. The van der Waals surface area contributed by atoms with Crippen LogP contribution in [0.1, 0.15) is 137 Å². The van der Waals surface area contributed by atoms with Gasteiger partial charge in [-0.15, -0.1) is 0 Å². The monoisotopic (exact) mass is 808 g/mol. The van der Waals surface area contributed by atoms with Gasteiger partial charge in [-0.3, -0.25) is 0 Å². The Hall–Kier alpha value is -2.31. The molecule has 0 saturated heterocycles. The van der Waals surface area contributed by atoms with Gasteiger partial charge >= 0.3 is 314 Å². The van der Waals surface area contributed by atoms with Crippen LogP contribution in [0, 0.1) is 25.2 Å². The average molecular weight is 811 g/mol. The summed E-state index contributed by atoms with van der Waals surface area (Å²) in [5.41, 5.74) is 17.9. The topological polar surface area (TPSA) is 0 Å². The Bertz CT molecular complexity index is 1910. The van der Waals surface area contributed by atoms with E-state index in [0.717, 1.165) is 12.8 Å². The second-order valence-corrected chi connectivity index (χ2v) is 24.2. The second kappa shape index (κ2) is 15.8. The molecule has 1 unspecified atom stereocenters. The first kappa shape index (κ1) is 42.4. The Morgan fingerprint density at radius 1 is 0.577 bits per heavy atom. The molecule has 0 aliphatic heterocycles. The molecule has 1 atom stereocenters. The van der Waals surface area contributed by atoms with E-state index in [1.54, 1.807) is 25.5 Å². The number of allylic oxidation sites excluding steroid dienone is 4. The van der Waals surface area contributed by atoms with E-state index >= 15 is 0 Å². The molecule has 0 amide bonds. The zero-order chi connectivity index (χ0) is 36.3. The fraction of sp³-hybridized carbons (Fsp3) is 0.408. The Balaban J connectivity index is 0.00000302. The summed E-state index contributed by atoms with van der Waals surface area (Å²) in [5, 5.41) is 0. The predicted molar refractivity (Wildman–Crippen MR) is 215 cm³/mol. The molecule has 2 aliphatic rings. The molecule has 4 aromatic carbocycles. The SMILES string of the molecule is CCC1=[C]([Zr+2](=[C](c2ccc(C)cc2)c2ccc(C)cc2)[CH]2c3ccc(C(C)(C)C)cc3-c3cc(C(C)(C)C)ccc32)C(CC)C=C1C(C)(C)C.[Cl-].[Cl-]. The van der Waals surface area contributed by atoms with Crippen LogP contribution in [0.4, 0.5) is 0 Å². The van der Waals surface area contributed by atoms with Crippen molar-refractivity contribution in [2.24, 2.45) is 11.3 Å². The van der Waals surface area contributed by atoms with Gasteiger partial charge in [0, 0.05) is 0 Å². The van der Waals surface area contributed by atoms with E-state index in [-0.39, 0.29) is 41.1 Å². The number of fused-ring (bicyclic) bond motifs is 3. The molecule has 0 fully saturated rings. The Kier molecular flexibility index (Phi) is 12.9. The standard InChI is InChI=1S/C21H25.C15H14.C13H21.2ClH.Zr/c1-20(2,3)16-9-7-14-11-15-8-10-17(21(4,5)6)13-19(15)18(14)12-16;1-12-3-7-14(8-4-12)11-15-9-5-13(2)6-10-15;1-6-10-8-11(7-2)12(9-10)13(3,4)5;;;/h7-13H,1-6H3;3-10H,1-2H3;9-10H,6-7H2,1-5H3;2*1H;/q;;;;;+2/p-2. The number of rotatable bonds is 6. The van der Waals surface area contributed by atoms with Crippen LogP contribution >= 0.6 is 0 Å².